The number of benzene rings is 2. The monoisotopic (exact) mass is 311 g/mol. The van der Waals surface area contributed by atoms with E-state index >= 15 is 0 Å². The molecule has 0 aliphatic rings. The van der Waals surface area contributed by atoms with Crippen LogP contribution >= 0.6 is 0 Å². The Morgan fingerprint density at radius 2 is 1.65 bits per heavy atom. The lowest BCUT2D eigenvalue weighted by molar-refractivity contribution is 0.298. The predicted octanol–water partition coefficient (Wildman–Crippen LogP) is 4.80. The lowest BCUT2D eigenvalue weighted by Crippen LogP contribution is -2.16. The van der Waals surface area contributed by atoms with E-state index in [1.807, 2.05) is 0 Å². The quantitative estimate of drug-likeness (QED) is 0.831. The number of hydrogen-bond acceptors (Lipinski definition) is 2. The van der Waals surface area contributed by atoms with Crippen molar-refractivity contribution in [3.8, 4) is 5.75 Å². The molecule has 2 nitrogen and oxygen atoms in total. The summed E-state index contributed by atoms with van der Waals surface area (Å²) in [5.74, 6) is 1.28. The van der Waals surface area contributed by atoms with Crippen molar-refractivity contribution in [2.45, 2.75) is 45.4 Å². The summed E-state index contributed by atoms with van der Waals surface area (Å²) in [6.45, 7) is 10.1. The molecule has 23 heavy (non-hydrogen) atoms. The van der Waals surface area contributed by atoms with E-state index in [1.54, 1.807) is 0 Å². The lowest BCUT2D eigenvalue weighted by Gasteiger charge is -2.20. The third kappa shape index (κ3) is 4.84. The lowest BCUT2D eigenvalue weighted by atomic mass is 9.87. The number of ether oxygens (including phenoxy) is 1. The molecular formula is C21H29NO. The smallest absolute Gasteiger partial charge is 0.119 e. The van der Waals surface area contributed by atoms with Gasteiger partial charge in [-0.05, 0) is 60.0 Å². The maximum atomic E-state index is 5.97. The SMILES string of the molecule is Cc1ccccc1C(CN)CCOc1ccc(C(C)(C)C)cc1. The molecule has 2 rings (SSSR count). The van der Waals surface area contributed by atoms with Crippen LogP contribution in [-0.4, -0.2) is 13.2 Å². The Kier molecular flexibility index (Phi) is 5.84. The zero-order valence-corrected chi connectivity index (χ0v) is 14.8. The van der Waals surface area contributed by atoms with Gasteiger partial charge in [0.05, 0.1) is 6.61 Å². The largest absolute Gasteiger partial charge is 0.494 e. The first-order valence-electron chi connectivity index (χ1n) is 8.40. The highest BCUT2D eigenvalue weighted by Gasteiger charge is 2.14. The zero-order chi connectivity index (χ0) is 16.9. The van der Waals surface area contributed by atoms with Crippen molar-refractivity contribution in [2.75, 3.05) is 13.2 Å². The van der Waals surface area contributed by atoms with E-state index in [1.165, 1.54) is 16.7 Å². The summed E-state index contributed by atoms with van der Waals surface area (Å²) in [6.07, 6.45) is 0.933. The zero-order valence-electron chi connectivity index (χ0n) is 14.8. The topological polar surface area (TPSA) is 35.2 Å². The van der Waals surface area contributed by atoms with Crippen LogP contribution in [0, 0.1) is 6.92 Å². The van der Waals surface area contributed by atoms with Crippen LogP contribution in [0.5, 0.6) is 5.75 Å². The van der Waals surface area contributed by atoms with E-state index < -0.39 is 0 Å². The molecule has 2 aromatic carbocycles. The van der Waals surface area contributed by atoms with Crippen molar-refractivity contribution in [3.63, 3.8) is 0 Å². The minimum atomic E-state index is 0.175. The minimum Gasteiger partial charge on any atom is -0.494 e. The summed E-state index contributed by atoms with van der Waals surface area (Å²) in [4.78, 5) is 0. The molecule has 0 aromatic heterocycles. The van der Waals surface area contributed by atoms with Crippen molar-refractivity contribution >= 4 is 0 Å². The van der Waals surface area contributed by atoms with E-state index in [2.05, 4.69) is 76.2 Å². The second-order valence-electron chi connectivity index (χ2n) is 7.20. The highest BCUT2D eigenvalue weighted by Crippen LogP contribution is 2.25. The van der Waals surface area contributed by atoms with Gasteiger partial charge in [0, 0.05) is 0 Å². The summed E-state index contributed by atoms with van der Waals surface area (Å²) < 4.78 is 5.91. The van der Waals surface area contributed by atoms with Gasteiger partial charge in [0.2, 0.25) is 0 Å². The van der Waals surface area contributed by atoms with Gasteiger partial charge in [0.15, 0.2) is 0 Å². The van der Waals surface area contributed by atoms with Gasteiger partial charge < -0.3 is 10.5 Å². The fourth-order valence-corrected chi connectivity index (χ4v) is 2.82. The fourth-order valence-electron chi connectivity index (χ4n) is 2.82. The summed E-state index contributed by atoms with van der Waals surface area (Å²) in [5.41, 5.74) is 10.1. The Hall–Kier alpha value is -1.80. The Balaban J connectivity index is 1.92. The van der Waals surface area contributed by atoms with Gasteiger partial charge in [0.1, 0.15) is 5.75 Å². The first kappa shape index (κ1) is 17.6. The maximum absolute atomic E-state index is 5.97. The molecule has 0 aliphatic heterocycles. The predicted molar refractivity (Wildman–Crippen MR) is 98.2 cm³/mol. The average Bonchev–Trinajstić information content (AvgIpc) is 2.52. The van der Waals surface area contributed by atoms with Gasteiger partial charge in [-0.25, -0.2) is 0 Å². The Bertz CT molecular complexity index is 610. The molecule has 0 heterocycles. The number of nitrogens with two attached hydrogens (primary N) is 1. The minimum absolute atomic E-state index is 0.175. The molecule has 1 unspecified atom stereocenters. The molecule has 0 radical (unpaired) electrons. The standard InChI is InChI=1S/C21H29NO/c1-16-7-5-6-8-20(16)17(15-22)13-14-23-19-11-9-18(10-12-19)21(2,3)4/h5-12,17H,13-15,22H2,1-4H3. The molecule has 2 heteroatoms. The number of hydrogen-bond donors (Lipinski definition) is 1. The van der Waals surface area contributed by atoms with E-state index in [0.29, 0.717) is 19.1 Å². The van der Waals surface area contributed by atoms with E-state index in [-0.39, 0.29) is 5.41 Å². The second kappa shape index (κ2) is 7.65. The second-order valence-corrected chi connectivity index (χ2v) is 7.20. The van der Waals surface area contributed by atoms with E-state index in [4.69, 9.17) is 10.5 Å². The molecule has 2 N–H and O–H groups in total. The first-order valence-corrected chi connectivity index (χ1v) is 8.40. The molecule has 0 amide bonds. The highest BCUT2D eigenvalue weighted by molar-refractivity contribution is 5.31. The molecular weight excluding hydrogens is 282 g/mol. The van der Waals surface area contributed by atoms with Crippen molar-refractivity contribution in [3.05, 3.63) is 65.2 Å². The molecule has 0 bridgehead atoms. The van der Waals surface area contributed by atoms with Crippen LogP contribution in [0.2, 0.25) is 0 Å². The summed E-state index contributed by atoms with van der Waals surface area (Å²) in [6, 6.07) is 16.9. The van der Waals surface area contributed by atoms with Crippen molar-refractivity contribution < 1.29 is 4.74 Å². The number of aryl methyl sites for hydroxylation is 1. The molecule has 0 aliphatic carbocycles. The van der Waals surface area contributed by atoms with Crippen molar-refractivity contribution in [1.29, 1.82) is 0 Å². The van der Waals surface area contributed by atoms with Gasteiger partial charge in [-0.2, -0.15) is 0 Å². The average molecular weight is 311 g/mol. The van der Waals surface area contributed by atoms with Crippen molar-refractivity contribution in [2.24, 2.45) is 5.73 Å². The summed E-state index contributed by atoms with van der Waals surface area (Å²) in [7, 11) is 0. The normalized spacial score (nSPS) is 12.9. The molecule has 0 saturated carbocycles. The van der Waals surface area contributed by atoms with Crippen LogP contribution in [0.4, 0.5) is 0 Å². The molecule has 0 saturated heterocycles. The van der Waals surface area contributed by atoms with Gasteiger partial charge in [-0.1, -0.05) is 57.2 Å². The van der Waals surface area contributed by atoms with E-state index in [9.17, 15) is 0 Å². The molecule has 124 valence electrons. The third-order valence-corrected chi connectivity index (χ3v) is 4.37. The molecule has 0 spiro atoms. The van der Waals surface area contributed by atoms with Gasteiger partial charge in [-0.15, -0.1) is 0 Å². The van der Waals surface area contributed by atoms with E-state index in [0.717, 1.165) is 12.2 Å². The highest BCUT2D eigenvalue weighted by atomic mass is 16.5. The third-order valence-electron chi connectivity index (χ3n) is 4.37. The van der Waals surface area contributed by atoms with Crippen molar-refractivity contribution in [1.82, 2.24) is 0 Å². The fraction of sp³-hybridized carbons (Fsp3) is 0.429. The van der Waals surface area contributed by atoms with Gasteiger partial charge in [-0.3, -0.25) is 0 Å². The Labute approximate surface area is 140 Å². The maximum Gasteiger partial charge on any atom is 0.119 e. The molecule has 2 aromatic rings. The van der Waals surface area contributed by atoms with Crippen LogP contribution in [0.3, 0.4) is 0 Å². The molecule has 0 fully saturated rings. The first-order chi connectivity index (χ1) is 10.9. The van der Waals surface area contributed by atoms with Crippen LogP contribution in [0.15, 0.2) is 48.5 Å². The van der Waals surface area contributed by atoms with Crippen LogP contribution in [0.1, 0.15) is 49.8 Å². The Morgan fingerprint density at radius 3 is 2.22 bits per heavy atom. The Morgan fingerprint density at radius 1 is 1.00 bits per heavy atom. The van der Waals surface area contributed by atoms with Crippen LogP contribution in [0.25, 0.3) is 0 Å². The summed E-state index contributed by atoms with van der Waals surface area (Å²) >= 11 is 0. The van der Waals surface area contributed by atoms with Gasteiger partial charge in [0.25, 0.3) is 0 Å². The van der Waals surface area contributed by atoms with Crippen LogP contribution < -0.4 is 10.5 Å². The summed E-state index contributed by atoms with van der Waals surface area (Å²) in [5, 5.41) is 0. The van der Waals surface area contributed by atoms with Crippen LogP contribution in [-0.2, 0) is 5.41 Å². The van der Waals surface area contributed by atoms with Gasteiger partial charge >= 0.3 is 0 Å². The molecule has 1 atom stereocenters. The number of rotatable bonds is 6.